The first kappa shape index (κ1) is 14.2. The fourth-order valence-electron chi connectivity index (χ4n) is 2.46. The van der Waals surface area contributed by atoms with E-state index in [2.05, 4.69) is 19.2 Å². The summed E-state index contributed by atoms with van der Waals surface area (Å²) >= 11 is 0. The van der Waals surface area contributed by atoms with Gasteiger partial charge in [0, 0.05) is 17.9 Å². The van der Waals surface area contributed by atoms with Crippen molar-refractivity contribution in [3.8, 4) is 0 Å². The number of hydrogen-bond acceptors (Lipinski definition) is 2. The van der Waals surface area contributed by atoms with Crippen LogP contribution in [-0.4, -0.2) is 18.2 Å². The second kappa shape index (κ2) is 7.46. The largest absolute Gasteiger partial charge is 0.353 e. The molecule has 1 aliphatic carbocycles. The molecule has 1 aliphatic rings. The minimum atomic E-state index is 0.135. The van der Waals surface area contributed by atoms with Crippen LogP contribution in [0.5, 0.6) is 0 Å². The highest BCUT2D eigenvalue weighted by Gasteiger charge is 2.26. The van der Waals surface area contributed by atoms with E-state index in [1.165, 1.54) is 12.8 Å². The van der Waals surface area contributed by atoms with Crippen molar-refractivity contribution in [2.45, 2.75) is 64.8 Å². The average molecular weight is 239 g/mol. The molecule has 0 aromatic rings. The third-order valence-electron chi connectivity index (χ3n) is 3.71. The molecule has 0 aliphatic heterocycles. The predicted molar refractivity (Wildman–Crippen MR) is 68.6 cm³/mol. The number of rotatable bonds is 6. The minimum absolute atomic E-state index is 0.135. The zero-order valence-corrected chi connectivity index (χ0v) is 11.1. The second-order valence-corrected chi connectivity index (χ2v) is 5.30. The van der Waals surface area contributed by atoms with Crippen LogP contribution in [0.1, 0.15) is 58.8 Å². The molecule has 0 aromatic heterocycles. The molecular formula is C14H25NO2. The van der Waals surface area contributed by atoms with Gasteiger partial charge in [0.25, 0.3) is 0 Å². The van der Waals surface area contributed by atoms with Crippen molar-refractivity contribution in [1.29, 1.82) is 0 Å². The molecule has 17 heavy (non-hydrogen) atoms. The minimum Gasteiger partial charge on any atom is -0.353 e. The highest BCUT2D eigenvalue weighted by molar-refractivity contribution is 5.79. The maximum Gasteiger partial charge on any atom is 0.223 e. The summed E-state index contributed by atoms with van der Waals surface area (Å²) in [5.74, 6) is 0.518. The Morgan fingerprint density at radius 3 is 2.53 bits per heavy atom. The lowest BCUT2D eigenvalue weighted by Crippen LogP contribution is -2.38. The van der Waals surface area contributed by atoms with Crippen LogP contribution >= 0.6 is 0 Å². The normalized spacial score (nSPS) is 26.2. The Morgan fingerprint density at radius 1 is 1.35 bits per heavy atom. The fourth-order valence-corrected chi connectivity index (χ4v) is 2.46. The van der Waals surface area contributed by atoms with Crippen LogP contribution in [-0.2, 0) is 9.59 Å². The first-order chi connectivity index (χ1) is 8.17. The molecule has 0 heterocycles. The van der Waals surface area contributed by atoms with Crippen molar-refractivity contribution in [2.24, 2.45) is 11.8 Å². The van der Waals surface area contributed by atoms with Crippen molar-refractivity contribution in [2.75, 3.05) is 0 Å². The number of nitrogens with one attached hydrogen (secondary N) is 1. The van der Waals surface area contributed by atoms with Gasteiger partial charge in [-0.05, 0) is 39.0 Å². The molecule has 3 nitrogen and oxygen atoms in total. The fraction of sp³-hybridized carbons (Fsp3) is 0.857. The monoisotopic (exact) mass is 239 g/mol. The van der Waals surface area contributed by atoms with Gasteiger partial charge in [0.2, 0.25) is 5.91 Å². The Hall–Kier alpha value is -0.860. The molecule has 0 bridgehead atoms. The maximum absolute atomic E-state index is 12.0. The topological polar surface area (TPSA) is 46.2 Å². The number of hydrogen-bond donors (Lipinski definition) is 1. The molecule has 1 rings (SSSR count). The number of unbranched alkanes of at least 4 members (excludes halogenated alkanes) is 1. The zero-order chi connectivity index (χ0) is 12.7. The maximum atomic E-state index is 12.0. The highest BCUT2D eigenvalue weighted by Crippen LogP contribution is 2.27. The molecule has 1 N–H and O–H groups in total. The molecule has 98 valence electrons. The van der Waals surface area contributed by atoms with Crippen molar-refractivity contribution in [3.05, 3.63) is 0 Å². The smallest absolute Gasteiger partial charge is 0.223 e. The Labute approximate surface area is 104 Å². The molecule has 0 saturated heterocycles. The first-order valence-corrected chi connectivity index (χ1v) is 6.93. The first-order valence-electron chi connectivity index (χ1n) is 6.93. The summed E-state index contributed by atoms with van der Waals surface area (Å²) in [6, 6.07) is 0.284. The van der Waals surface area contributed by atoms with Gasteiger partial charge >= 0.3 is 0 Å². The van der Waals surface area contributed by atoms with Gasteiger partial charge in [0.1, 0.15) is 6.29 Å². The standard InChI is InChI=1S/C14H25NO2/c1-3-4-5-11(2)15-14(17)13-8-6-12(10-16)7-9-13/h10-13H,3-9H2,1-2H3,(H,15,17). The van der Waals surface area contributed by atoms with Crippen LogP contribution < -0.4 is 5.32 Å². The third-order valence-corrected chi connectivity index (χ3v) is 3.71. The van der Waals surface area contributed by atoms with E-state index in [1.54, 1.807) is 0 Å². The summed E-state index contributed by atoms with van der Waals surface area (Å²) in [4.78, 5) is 22.6. The van der Waals surface area contributed by atoms with Crippen LogP contribution in [0.3, 0.4) is 0 Å². The van der Waals surface area contributed by atoms with E-state index in [0.717, 1.165) is 38.4 Å². The van der Waals surface area contributed by atoms with E-state index in [-0.39, 0.29) is 23.8 Å². The molecular weight excluding hydrogens is 214 g/mol. The molecule has 1 fully saturated rings. The lowest BCUT2D eigenvalue weighted by Gasteiger charge is -2.26. The van der Waals surface area contributed by atoms with E-state index >= 15 is 0 Å². The van der Waals surface area contributed by atoms with Gasteiger partial charge in [-0.1, -0.05) is 19.8 Å². The molecule has 3 heteroatoms. The molecule has 0 radical (unpaired) electrons. The SMILES string of the molecule is CCCCC(C)NC(=O)C1CCC(C=O)CC1. The van der Waals surface area contributed by atoms with Crippen molar-refractivity contribution in [3.63, 3.8) is 0 Å². The Bertz CT molecular complexity index is 245. The van der Waals surface area contributed by atoms with Crippen LogP contribution in [0.2, 0.25) is 0 Å². The Morgan fingerprint density at radius 2 is 2.00 bits per heavy atom. The predicted octanol–water partition coefficient (Wildman–Crippen LogP) is 2.69. The van der Waals surface area contributed by atoms with E-state index in [4.69, 9.17) is 0 Å². The van der Waals surface area contributed by atoms with Gasteiger partial charge in [-0.2, -0.15) is 0 Å². The van der Waals surface area contributed by atoms with Crippen molar-refractivity contribution >= 4 is 12.2 Å². The number of aldehydes is 1. The molecule has 0 aromatic carbocycles. The lowest BCUT2D eigenvalue weighted by atomic mass is 9.82. The van der Waals surface area contributed by atoms with E-state index in [0.29, 0.717) is 0 Å². The van der Waals surface area contributed by atoms with Gasteiger partial charge in [-0.15, -0.1) is 0 Å². The van der Waals surface area contributed by atoms with E-state index < -0.39 is 0 Å². The van der Waals surface area contributed by atoms with Crippen LogP contribution in [0, 0.1) is 11.8 Å². The summed E-state index contributed by atoms with van der Waals surface area (Å²) in [6.45, 7) is 4.24. The van der Waals surface area contributed by atoms with Gasteiger partial charge in [-0.25, -0.2) is 0 Å². The van der Waals surface area contributed by atoms with E-state index in [1.807, 2.05) is 0 Å². The Kier molecular flexibility index (Phi) is 6.23. The molecule has 1 saturated carbocycles. The summed E-state index contributed by atoms with van der Waals surface area (Å²) in [5.41, 5.74) is 0. The molecule has 1 unspecified atom stereocenters. The van der Waals surface area contributed by atoms with Crippen LogP contribution in [0.25, 0.3) is 0 Å². The number of amides is 1. The molecule has 0 spiro atoms. The Balaban J connectivity index is 2.26. The van der Waals surface area contributed by atoms with Crippen molar-refractivity contribution in [1.82, 2.24) is 5.32 Å². The van der Waals surface area contributed by atoms with Crippen LogP contribution in [0.4, 0.5) is 0 Å². The van der Waals surface area contributed by atoms with E-state index in [9.17, 15) is 9.59 Å². The summed E-state index contributed by atoms with van der Waals surface area (Å²) in [5, 5.41) is 3.09. The molecule has 1 amide bonds. The number of carbonyl (C=O) groups excluding carboxylic acids is 2. The van der Waals surface area contributed by atoms with Gasteiger partial charge < -0.3 is 10.1 Å². The second-order valence-electron chi connectivity index (χ2n) is 5.30. The zero-order valence-electron chi connectivity index (χ0n) is 11.1. The summed E-state index contributed by atoms with van der Waals surface area (Å²) in [6.07, 6.45) is 7.94. The van der Waals surface area contributed by atoms with Crippen LogP contribution in [0.15, 0.2) is 0 Å². The number of carbonyl (C=O) groups is 2. The molecule has 1 atom stereocenters. The quantitative estimate of drug-likeness (QED) is 0.724. The summed E-state index contributed by atoms with van der Waals surface area (Å²) in [7, 11) is 0. The van der Waals surface area contributed by atoms with Gasteiger partial charge in [0.15, 0.2) is 0 Å². The highest BCUT2D eigenvalue weighted by atomic mass is 16.2. The van der Waals surface area contributed by atoms with Gasteiger partial charge in [-0.3, -0.25) is 4.79 Å². The average Bonchev–Trinajstić information content (AvgIpc) is 2.36. The van der Waals surface area contributed by atoms with Crippen molar-refractivity contribution < 1.29 is 9.59 Å². The van der Waals surface area contributed by atoms with Gasteiger partial charge in [0.05, 0.1) is 0 Å². The lowest BCUT2D eigenvalue weighted by molar-refractivity contribution is -0.127. The summed E-state index contributed by atoms with van der Waals surface area (Å²) < 4.78 is 0. The third kappa shape index (κ3) is 4.88.